The van der Waals surface area contributed by atoms with Crippen LogP contribution in [0.3, 0.4) is 0 Å². The molecule has 0 aliphatic heterocycles. The molecule has 268 valence electrons. The van der Waals surface area contributed by atoms with Crippen LogP contribution in [0.4, 0.5) is 0 Å². The second-order valence-electron chi connectivity index (χ2n) is 13.4. The van der Waals surface area contributed by atoms with Crippen molar-refractivity contribution in [3.05, 3.63) is 113 Å². The van der Waals surface area contributed by atoms with Crippen LogP contribution in [0.2, 0.25) is 0 Å². The van der Waals surface area contributed by atoms with Gasteiger partial charge >= 0.3 is 5.97 Å². The Labute approximate surface area is 299 Å². The molecule has 0 heterocycles. The van der Waals surface area contributed by atoms with Crippen molar-refractivity contribution in [1.82, 2.24) is 4.90 Å². The van der Waals surface area contributed by atoms with Crippen molar-refractivity contribution in [3.8, 4) is 28.4 Å². The Balaban J connectivity index is 1.47. The molecule has 1 amide bonds. The van der Waals surface area contributed by atoms with Gasteiger partial charge in [0.25, 0.3) is 0 Å². The standard InChI is InChI=1S/C41H46N2O8/c1-26(39(45)49-7)43(24-28-18-21-30(47-5)23-37(28)48-6)38(44)36(22-27-16-19-29(20-17-27)51-41(2,3)4)42-40(46)50-25-35-33-14-10-8-12-31(33)32-13-9-11-15-34(32)35/h8-21,23,26,35-36H,22,24-25H2,1-7H3,(H,42,46)/p-1/t26-,36+/m0/s1. The number of aliphatic imine (C=N–C) groups is 1. The summed E-state index contributed by atoms with van der Waals surface area (Å²) in [5.74, 6) is 0.323. The van der Waals surface area contributed by atoms with Crippen LogP contribution in [-0.2, 0) is 32.0 Å². The predicted octanol–water partition coefficient (Wildman–Crippen LogP) is 5.93. The monoisotopic (exact) mass is 693 g/mol. The maximum atomic E-state index is 14.5. The fourth-order valence-corrected chi connectivity index (χ4v) is 6.28. The summed E-state index contributed by atoms with van der Waals surface area (Å²) in [4.78, 5) is 33.1. The van der Waals surface area contributed by atoms with Crippen molar-refractivity contribution in [2.45, 2.75) is 64.3 Å². The van der Waals surface area contributed by atoms with Crippen LogP contribution in [0.25, 0.3) is 11.1 Å². The molecule has 1 aliphatic carbocycles. The maximum absolute atomic E-state index is 14.5. The number of esters is 1. The zero-order chi connectivity index (χ0) is 36.7. The molecule has 0 spiro atoms. The van der Waals surface area contributed by atoms with Crippen LogP contribution >= 0.6 is 0 Å². The van der Waals surface area contributed by atoms with E-state index in [-0.39, 0.29) is 25.5 Å². The van der Waals surface area contributed by atoms with Gasteiger partial charge in [0, 0.05) is 30.6 Å². The normalized spacial score (nSPS) is 13.7. The molecule has 0 N–H and O–H groups in total. The van der Waals surface area contributed by atoms with Crippen molar-refractivity contribution < 1.29 is 38.4 Å². The number of carbonyl (C=O) groups excluding carboxylic acids is 2. The second-order valence-corrected chi connectivity index (χ2v) is 13.4. The summed E-state index contributed by atoms with van der Waals surface area (Å²) >= 11 is 0. The molecule has 2 atom stereocenters. The number of fused-ring (bicyclic) bond motifs is 3. The van der Waals surface area contributed by atoms with Gasteiger partial charge in [-0.1, -0.05) is 60.7 Å². The average molecular weight is 694 g/mol. The van der Waals surface area contributed by atoms with E-state index in [1.807, 2.05) is 81.4 Å². The lowest BCUT2D eigenvalue weighted by Gasteiger charge is -2.31. The van der Waals surface area contributed by atoms with Crippen molar-refractivity contribution >= 4 is 18.0 Å². The van der Waals surface area contributed by atoms with E-state index in [0.717, 1.165) is 27.8 Å². The number of ether oxygens (including phenoxy) is 5. The molecule has 0 bridgehead atoms. The number of methoxy groups -OCH3 is 3. The lowest BCUT2D eigenvalue weighted by Crippen LogP contribution is -2.48. The molecule has 10 nitrogen and oxygen atoms in total. The van der Waals surface area contributed by atoms with Crippen molar-refractivity contribution in [2.75, 3.05) is 27.9 Å². The Bertz CT molecular complexity index is 1820. The molecule has 4 aromatic carbocycles. The Morgan fingerprint density at radius 1 is 0.843 bits per heavy atom. The van der Waals surface area contributed by atoms with E-state index in [2.05, 4.69) is 17.1 Å². The molecule has 0 saturated carbocycles. The van der Waals surface area contributed by atoms with Crippen LogP contribution in [0.15, 0.2) is 96.0 Å². The fraction of sp³-hybridized carbons (Fsp3) is 0.341. The third kappa shape index (κ3) is 8.81. The molecule has 5 rings (SSSR count). The highest BCUT2D eigenvalue weighted by Gasteiger charge is 2.33. The Morgan fingerprint density at radius 2 is 1.45 bits per heavy atom. The molecule has 1 aliphatic rings. The molecule has 10 heteroatoms. The van der Waals surface area contributed by atoms with Crippen LogP contribution in [-0.4, -0.2) is 68.5 Å². The van der Waals surface area contributed by atoms with Crippen LogP contribution in [0, 0.1) is 0 Å². The van der Waals surface area contributed by atoms with Gasteiger partial charge in [0.2, 0.25) is 5.91 Å². The van der Waals surface area contributed by atoms with Crippen molar-refractivity contribution in [2.24, 2.45) is 4.99 Å². The minimum Gasteiger partial charge on any atom is -0.599 e. The first kappa shape index (κ1) is 36.8. The highest BCUT2D eigenvalue weighted by molar-refractivity contribution is 5.89. The van der Waals surface area contributed by atoms with E-state index in [9.17, 15) is 14.7 Å². The fourth-order valence-electron chi connectivity index (χ4n) is 6.28. The van der Waals surface area contributed by atoms with Gasteiger partial charge in [-0.15, -0.1) is 0 Å². The molecule has 4 aromatic rings. The van der Waals surface area contributed by atoms with Gasteiger partial charge in [-0.05, 0) is 79.8 Å². The highest BCUT2D eigenvalue weighted by atomic mass is 16.6. The summed E-state index contributed by atoms with van der Waals surface area (Å²) in [5.41, 5.74) is 5.26. The number of hydrogen-bond acceptors (Lipinski definition) is 9. The topological polar surface area (TPSA) is 119 Å². The first-order chi connectivity index (χ1) is 24.4. The summed E-state index contributed by atoms with van der Waals surface area (Å²) in [6.07, 6.45) is -0.821. The van der Waals surface area contributed by atoms with Gasteiger partial charge in [-0.3, -0.25) is 9.79 Å². The smallest absolute Gasteiger partial charge is 0.328 e. The Morgan fingerprint density at radius 3 is 2.02 bits per heavy atom. The molecule has 0 unspecified atom stereocenters. The van der Waals surface area contributed by atoms with E-state index in [1.54, 1.807) is 32.2 Å². The lowest BCUT2D eigenvalue weighted by atomic mass is 9.98. The minimum absolute atomic E-state index is 0.0304. The number of benzene rings is 4. The first-order valence-electron chi connectivity index (χ1n) is 16.9. The van der Waals surface area contributed by atoms with Crippen LogP contribution in [0.1, 0.15) is 55.9 Å². The molecule has 0 fully saturated rings. The lowest BCUT2D eigenvalue weighted by molar-refractivity contribution is -0.251. The molecule has 51 heavy (non-hydrogen) atoms. The van der Waals surface area contributed by atoms with E-state index >= 15 is 0 Å². The number of carbonyl (C=O) groups is 2. The largest absolute Gasteiger partial charge is 0.599 e. The maximum Gasteiger partial charge on any atom is 0.328 e. The number of rotatable bonds is 13. The molecule has 0 radical (unpaired) electrons. The minimum atomic E-state index is -1.23. The molecular formula is C41H45N2O8-. The van der Waals surface area contributed by atoms with E-state index in [4.69, 9.17) is 23.7 Å². The summed E-state index contributed by atoms with van der Waals surface area (Å²) in [7, 11) is 4.31. The number of nitrogens with zero attached hydrogens (tertiary/aromatic N) is 2. The zero-order valence-corrected chi connectivity index (χ0v) is 30.2. The van der Waals surface area contributed by atoms with E-state index in [0.29, 0.717) is 22.8 Å². The van der Waals surface area contributed by atoms with Gasteiger partial charge in [-0.2, -0.15) is 0 Å². The van der Waals surface area contributed by atoms with Crippen LogP contribution in [0.5, 0.6) is 17.2 Å². The van der Waals surface area contributed by atoms with Gasteiger partial charge < -0.3 is 33.7 Å². The third-order valence-electron chi connectivity index (χ3n) is 8.79. The van der Waals surface area contributed by atoms with Crippen molar-refractivity contribution in [1.29, 1.82) is 0 Å². The predicted molar refractivity (Wildman–Crippen MR) is 193 cm³/mol. The SMILES string of the molecule is COC(=O)[C@H](C)N(Cc1ccc(OC)cc1OC)C(=O)[C@@H](Cc1ccc(OC(C)(C)C)cc1)N=C([O-])OCC1c2ccccc2-c2ccccc21. The quantitative estimate of drug-likeness (QED) is 0.0961. The summed E-state index contributed by atoms with van der Waals surface area (Å²) in [6.45, 7) is 7.45. The van der Waals surface area contributed by atoms with Gasteiger partial charge in [0.05, 0.1) is 27.9 Å². The Hall–Kier alpha value is -5.51. The summed E-state index contributed by atoms with van der Waals surface area (Å²) < 4.78 is 27.7. The molecular weight excluding hydrogens is 648 g/mol. The van der Waals surface area contributed by atoms with E-state index in [1.165, 1.54) is 19.1 Å². The summed E-state index contributed by atoms with van der Waals surface area (Å²) in [5, 5.41) is 13.5. The number of amides is 1. The third-order valence-corrected chi connectivity index (χ3v) is 8.79. The first-order valence-corrected chi connectivity index (χ1v) is 16.9. The van der Waals surface area contributed by atoms with Gasteiger partial charge in [0.15, 0.2) is 0 Å². The second kappa shape index (κ2) is 16.0. The van der Waals surface area contributed by atoms with Crippen molar-refractivity contribution in [3.63, 3.8) is 0 Å². The average Bonchev–Trinajstić information content (AvgIpc) is 3.45. The number of hydrogen-bond donors (Lipinski definition) is 0. The molecule has 0 aromatic heterocycles. The van der Waals surface area contributed by atoms with Gasteiger partial charge in [-0.25, -0.2) is 4.79 Å². The highest BCUT2D eigenvalue weighted by Crippen LogP contribution is 2.44. The Kier molecular flexibility index (Phi) is 11.5. The summed E-state index contributed by atoms with van der Waals surface area (Å²) in [6, 6.07) is 26.3. The van der Waals surface area contributed by atoms with Gasteiger partial charge in [0.1, 0.15) is 41.0 Å². The van der Waals surface area contributed by atoms with E-state index < -0.39 is 35.6 Å². The van der Waals surface area contributed by atoms with Crippen LogP contribution < -0.4 is 19.3 Å². The zero-order valence-electron chi connectivity index (χ0n) is 30.2. The molecule has 0 saturated heterocycles.